The van der Waals surface area contributed by atoms with E-state index in [1.807, 2.05) is 48.5 Å². The Morgan fingerprint density at radius 1 is 1.14 bits per heavy atom. The highest BCUT2D eigenvalue weighted by Gasteiger charge is 2.09. The van der Waals surface area contributed by atoms with E-state index in [1.54, 1.807) is 0 Å². The van der Waals surface area contributed by atoms with Gasteiger partial charge in [-0.05, 0) is 23.8 Å². The van der Waals surface area contributed by atoms with Gasteiger partial charge >= 0.3 is 0 Å². The summed E-state index contributed by atoms with van der Waals surface area (Å²) < 4.78 is 0. The SMILES string of the molecule is CC(=O)Nc1ccccc1Cc1nc2ccccc2[nH]c1=O. The number of nitrogens with zero attached hydrogens (tertiary/aromatic N) is 1. The third-order valence-corrected chi connectivity index (χ3v) is 3.36. The van der Waals surface area contributed by atoms with Crippen molar-refractivity contribution in [3.8, 4) is 0 Å². The Balaban J connectivity index is 2.02. The zero-order valence-corrected chi connectivity index (χ0v) is 12.1. The number of rotatable bonds is 3. The molecule has 22 heavy (non-hydrogen) atoms. The standard InChI is InChI=1S/C17H15N3O2/c1-11(21)18-13-7-3-2-6-12(13)10-16-17(22)20-15-9-5-4-8-14(15)19-16/h2-9H,10H2,1H3,(H,18,21)(H,20,22). The lowest BCUT2D eigenvalue weighted by molar-refractivity contribution is -0.114. The molecule has 1 amide bonds. The van der Waals surface area contributed by atoms with E-state index in [-0.39, 0.29) is 11.5 Å². The monoisotopic (exact) mass is 293 g/mol. The van der Waals surface area contributed by atoms with E-state index in [2.05, 4.69) is 15.3 Å². The van der Waals surface area contributed by atoms with Crippen LogP contribution in [-0.2, 0) is 11.2 Å². The molecule has 0 fully saturated rings. The van der Waals surface area contributed by atoms with E-state index in [9.17, 15) is 9.59 Å². The minimum atomic E-state index is -0.212. The second-order valence-corrected chi connectivity index (χ2v) is 5.04. The molecule has 0 atom stereocenters. The van der Waals surface area contributed by atoms with Gasteiger partial charge in [0, 0.05) is 19.0 Å². The van der Waals surface area contributed by atoms with Crippen molar-refractivity contribution in [2.45, 2.75) is 13.3 Å². The molecule has 0 saturated carbocycles. The van der Waals surface area contributed by atoms with Gasteiger partial charge < -0.3 is 10.3 Å². The molecule has 0 aliphatic carbocycles. The average Bonchev–Trinajstić information content (AvgIpc) is 2.49. The van der Waals surface area contributed by atoms with Crippen LogP contribution in [-0.4, -0.2) is 15.9 Å². The number of hydrogen-bond donors (Lipinski definition) is 2. The molecule has 1 aromatic heterocycles. The minimum absolute atomic E-state index is 0.146. The smallest absolute Gasteiger partial charge is 0.270 e. The van der Waals surface area contributed by atoms with Crippen molar-refractivity contribution >= 4 is 22.6 Å². The van der Waals surface area contributed by atoms with E-state index in [0.717, 1.165) is 11.1 Å². The number of benzene rings is 2. The van der Waals surface area contributed by atoms with E-state index < -0.39 is 0 Å². The van der Waals surface area contributed by atoms with Gasteiger partial charge in [-0.1, -0.05) is 30.3 Å². The van der Waals surface area contributed by atoms with Crippen LogP contribution in [0.3, 0.4) is 0 Å². The second-order valence-electron chi connectivity index (χ2n) is 5.04. The summed E-state index contributed by atoms with van der Waals surface area (Å²) in [6, 6.07) is 14.8. The summed E-state index contributed by atoms with van der Waals surface area (Å²) in [5, 5.41) is 2.77. The van der Waals surface area contributed by atoms with Gasteiger partial charge in [0.1, 0.15) is 5.69 Å². The molecule has 5 heteroatoms. The molecular weight excluding hydrogens is 278 g/mol. The molecule has 0 bridgehead atoms. The molecule has 0 aliphatic rings. The van der Waals surface area contributed by atoms with Crippen molar-refractivity contribution in [1.82, 2.24) is 9.97 Å². The van der Waals surface area contributed by atoms with E-state index in [0.29, 0.717) is 23.3 Å². The van der Waals surface area contributed by atoms with Crippen LogP contribution in [0.5, 0.6) is 0 Å². The van der Waals surface area contributed by atoms with Crippen LogP contribution in [0.2, 0.25) is 0 Å². The maximum Gasteiger partial charge on any atom is 0.270 e. The lowest BCUT2D eigenvalue weighted by atomic mass is 10.1. The summed E-state index contributed by atoms with van der Waals surface area (Å²) in [4.78, 5) is 30.7. The summed E-state index contributed by atoms with van der Waals surface area (Å²) in [7, 11) is 0. The second kappa shape index (κ2) is 5.81. The summed E-state index contributed by atoms with van der Waals surface area (Å²) in [5.41, 5.74) is 3.23. The van der Waals surface area contributed by atoms with Crippen LogP contribution < -0.4 is 10.9 Å². The highest BCUT2D eigenvalue weighted by atomic mass is 16.1. The lowest BCUT2D eigenvalue weighted by Crippen LogP contribution is -2.16. The number of nitrogens with one attached hydrogen (secondary N) is 2. The van der Waals surface area contributed by atoms with Crippen molar-refractivity contribution in [2.75, 3.05) is 5.32 Å². The van der Waals surface area contributed by atoms with Gasteiger partial charge in [0.25, 0.3) is 5.56 Å². The average molecular weight is 293 g/mol. The maximum atomic E-state index is 12.2. The van der Waals surface area contributed by atoms with Crippen molar-refractivity contribution in [3.63, 3.8) is 0 Å². The molecule has 0 spiro atoms. The maximum absolute atomic E-state index is 12.2. The number of H-pyrrole nitrogens is 1. The first-order valence-electron chi connectivity index (χ1n) is 6.97. The Kier molecular flexibility index (Phi) is 3.70. The van der Waals surface area contributed by atoms with Gasteiger partial charge in [-0.15, -0.1) is 0 Å². The Bertz CT molecular complexity index is 900. The Morgan fingerprint density at radius 2 is 1.86 bits per heavy atom. The van der Waals surface area contributed by atoms with Gasteiger partial charge in [0.15, 0.2) is 0 Å². The van der Waals surface area contributed by atoms with Crippen molar-refractivity contribution < 1.29 is 4.79 Å². The Labute approximate surface area is 127 Å². The normalized spacial score (nSPS) is 10.6. The third-order valence-electron chi connectivity index (χ3n) is 3.36. The minimum Gasteiger partial charge on any atom is -0.326 e. The molecule has 1 heterocycles. The zero-order valence-electron chi connectivity index (χ0n) is 12.1. The molecule has 5 nitrogen and oxygen atoms in total. The van der Waals surface area contributed by atoms with Crippen LogP contribution in [0.1, 0.15) is 18.2 Å². The Hall–Kier alpha value is -2.95. The first kappa shape index (κ1) is 14.0. The Morgan fingerprint density at radius 3 is 2.68 bits per heavy atom. The first-order chi connectivity index (χ1) is 10.6. The highest BCUT2D eigenvalue weighted by Crippen LogP contribution is 2.18. The van der Waals surface area contributed by atoms with Crippen LogP contribution >= 0.6 is 0 Å². The molecule has 0 radical (unpaired) electrons. The van der Waals surface area contributed by atoms with Crippen molar-refractivity contribution in [2.24, 2.45) is 0 Å². The van der Waals surface area contributed by atoms with Gasteiger partial charge in [0.2, 0.25) is 5.91 Å². The lowest BCUT2D eigenvalue weighted by Gasteiger charge is -2.09. The summed E-state index contributed by atoms with van der Waals surface area (Å²) in [5.74, 6) is -0.146. The van der Waals surface area contributed by atoms with Crippen molar-refractivity contribution in [1.29, 1.82) is 0 Å². The molecule has 0 aliphatic heterocycles. The highest BCUT2D eigenvalue weighted by molar-refractivity contribution is 5.89. The number of hydrogen-bond acceptors (Lipinski definition) is 3. The van der Waals surface area contributed by atoms with E-state index in [4.69, 9.17) is 0 Å². The molecule has 2 aromatic carbocycles. The van der Waals surface area contributed by atoms with Gasteiger partial charge in [-0.3, -0.25) is 9.59 Å². The largest absolute Gasteiger partial charge is 0.326 e. The molecule has 0 saturated heterocycles. The molecule has 0 unspecified atom stereocenters. The quantitative estimate of drug-likeness (QED) is 0.779. The van der Waals surface area contributed by atoms with Crippen LogP contribution in [0.15, 0.2) is 53.3 Å². The fourth-order valence-electron chi connectivity index (χ4n) is 2.35. The predicted molar refractivity (Wildman–Crippen MR) is 85.9 cm³/mol. The van der Waals surface area contributed by atoms with Gasteiger partial charge in [-0.2, -0.15) is 0 Å². The van der Waals surface area contributed by atoms with Crippen LogP contribution in [0.4, 0.5) is 5.69 Å². The number of amides is 1. The molecule has 3 aromatic rings. The summed E-state index contributed by atoms with van der Waals surface area (Å²) in [6.07, 6.45) is 0.358. The number of carbonyl (C=O) groups excluding carboxylic acids is 1. The van der Waals surface area contributed by atoms with Crippen LogP contribution in [0.25, 0.3) is 11.0 Å². The number of aromatic amines is 1. The van der Waals surface area contributed by atoms with Gasteiger partial charge in [-0.25, -0.2) is 4.98 Å². The molecule has 110 valence electrons. The van der Waals surface area contributed by atoms with E-state index >= 15 is 0 Å². The van der Waals surface area contributed by atoms with Crippen molar-refractivity contribution in [3.05, 3.63) is 70.1 Å². The topological polar surface area (TPSA) is 74.8 Å². The van der Waals surface area contributed by atoms with Gasteiger partial charge in [0.05, 0.1) is 11.0 Å². The fourth-order valence-corrected chi connectivity index (χ4v) is 2.35. The molecular formula is C17H15N3O2. The first-order valence-corrected chi connectivity index (χ1v) is 6.97. The predicted octanol–water partition coefficient (Wildman–Crippen LogP) is 2.47. The number of fused-ring (bicyclic) bond motifs is 1. The number of aromatic nitrogens is 2. The zero-order chi connectivity index (χ0) is 15.5. The fraction of sp³-hybridized carbons (Fsp3) is 0.118. The summed E-state index contributed by atoms with van der Waals surface area (Å²) >= 11 is 0. The van der Waals surface area contributed by atoms with Crippen LogP contribution in [0, 0.1) is 0 Å². The third kappa shape index (κ3) is 2.88. The number of para-hydroxylation sites is 3. The molecule has 3 rings (SSSR count). The summed E-state index contributed by atoms with van der Waals surface area (Å²) in [6.45, 7) is 1.46. The van der Waals surface area contributed by atoms with E-state index in [1.165, 1.54) is 6.92 Å². The number of carbonyl (C=O) groups is 1. The number of anilines is 1. The molecule has 2 N–H and O–H groups in total.